The maximum Gasteiger partial charge on any atom is 0.176 e. The molecule has 0 amide bonds. The van der Waals surface area contributed by atoms with E-state index in [0.29, 0.717) is 6.54 Å². The molecule has 0 aliphatic carbocycles. The molecule has 19 heavy (non-hydrogen) atoms. The van der Waals surface area contributed by atoms with Gasteiger partial charge in [0.1, 0.15) is 0 Å². The molecule has 0 fully saturated rings. The van der Waals surface area contributed by atoms with Crippen LogP contribution in [0.1, 0.15) is 21.5 Å². The van der Waals surface area contributed by atoms with Crippen LogP contribution >= 0.6 is 0 Å². The maximum absolute atomic E-state index is 12.1. The molecule has 98 valence electrons. The summed E-state index contributed by atoms with van der Waals surface area (Å²) in [5.74, 6) is 0.165. The zero-order valence-electron chi connectivity index (χ0n) is 11.5. The summed E-state index contributed by atoms with van der Waals surface area (Å²) in [6.45, 7) is 3.26. The minimum absolute atomic E-state index is 0.165. The van der Waals surface area contributed by atoms with Gasteiger partial charge in [-0.15, -0.1) is 0 Å². The molecule has 2 rings (SSSR count). The molecule has 0 saturated carbocycles. The predicted molar refractivity (Wildman–Crippen MR) is 78.3 cm³/mol. The third-order valence-corrected chi connectivity index (χ3v) is 3.08. The molecule has 2 nitrogen and oxygen atoms in total. The largest absolute Gasteiger partial charge is 0.295 e. The zero-order chi connectivity index (χ0) is 13.7. The van der Waals surface area contributed by atoms with Gasteiger partial charge in [0.05, 0.1) is 6.54 Å². The van der Waals surface area contributed by atoms with Crippen molar-refractivity contribution in [1.82, 2.24) is 4.90 Å². The number of carbonyl (C=O) groups excluding carboxylic acids is 1. The highest BCUT2D eigenvalue weighted by Gasteiger charge is 2.09. The molecular weight excluding hydrogens is 234 g/mol. The third-order valence-electron chi connectivity index (χ3n) is 3.08. The number of rotatable bonds is 5. The van der Waals surface area contributed by atoms with Crippen LogP contribution in [0.4, 0.5) is 0 Å². The molecular formula is C17H19NO. The first-order chi connectivity index (χ1) is 9.15. The molecule has 0 heterocycles. The molecule has 0 aromatic heterocycles. The highest BCUT2D eigenvalue weighted by Crippen LogP contribution is 2.07. The Bertz CT molecular complexity index is 531. The molecule has 0 spiro atoms. The van der Waals surface area contributed by atoms with Gasteiger partial charge >= 0.3 is 0 Å². The number of hydrogen-bond donors (Lipinski definition) is 0. The van der Waals surface area contributed by atoms with E-state index in [1.165, 1.54) is 11.1 Å². The van der Waals surface area contributed by atoms with Gasteiger partial charge in [0.2, 0.25) is 0 Å². The number of likely N-dealkylation sites (N-methyl/N-ethyl adjacent to an activating group) is 1. The second-order valence-electron chi connectivity index (χ2n) is 4.95. The highest BCUT2D eigenvalue weighted by atomic mass is 16.1. The van der Waals surface area contributed by atoms with Gasteiger partial charge in [0.15, 0.2) is 5.78 Å². The quantitative estimate of drug-likeness (QED) is 0.762. The second kappa shape index (κ2) is 6.30. The minimum Gasteiger partial charge on any atom is -0.295 e. The van der Waals surface area contributed by atoms with Gasteiger partial charge in [-0.25, -0.2) is 0 Å². The van der Waals surface area contributed by atoms with Gasteiger partial charge in [-0.05, 0) is 19.5 Å². The third kappa shape index (κ3) is 4.04. The minimum atomic E-state index is 0.165. The number of carbonyl (C=O) groups is 1. The fraction of sp³-hybridized carbons (Fsp3) is 0.235. The second-order valence-corrected chi connectivity index (χ2v) is 4.95. The topological polar surface area (TPSA) is 20.3 Å². The van der Waals surface area contributed by atoms with Crippen LogP contribution in [-0.4, -0.2) is 24.3 Å². The smallest absolute Gasteiger partial charge is 0.176 e. The van der Waals surface area contributed by atoms with E-state index in [1.54, 1.807) is 0 Å². The van der Waals surface area contributed by atoms with E-state index >= 15 is 0 Å². The van der Waals surface area contributed by atoms with E-state index < -0.39 is 0 Å². The maximum atomic E-state index is 12.1. The number of Topliss-reactive ketones (excluding diaryl/α,β-unsaturated/α-hetero) is 1. The molecule has 0 bridgehead atoms. The molecule has 0 saturated heterocycles. The molecule has 2 aromatic rings. The van der Waals surface area contributed by atoms with Crippen LogP contribution in [0.2, 0.25) is 0 Å². The summed E-state index contributed by atoms with van der Waals surface area (Å²) in [5, 5.41) is 0. The lowest BCUT2D eigenvalue weighted by Crippen LogP contribution is -2.25. The average molecular weight is 253 g/mol. The Kier molecular flexibility index (Phi) is 4.48. The Labute approximate surface area is 114 Å². The van der Waals surface area contributed by atoms with E-state index in [1.807, 2.05) is 61.3 Å². The van der Waals surface area contributed by atoms with Crippen LogP contribution in [0.5, 0.6) is 0 Å². The van der Waals surface area contributed by atoms with Gasteiger partial charge in [0.25, 0.3) is 0 Å². The highest BCUT2D eigenvalue weighted by molar-refractivity contribution is 5.97. The van der Waals surface area contributed by atoms with Crippen molar-refractivity contribution in [1.29, 1.82) is 0 Å². The number of hydrogen-bond acceptors (Lipinski definition) is 2. The molecule has 0 atom stereocenters. The predicted octanol–water partition coefficient (Wildman–Crippen LogP) is 3.31. The fourth-order valence-corrected chi connectivity index (χ4v) is 2.03. The molecule has 0 radical (unpaired) electrons. The van der Waals surface area contributed by atoms with Crippen molar-refractivity contribution >= 4 is 5.78 Å². The van der Waals surface area contributed by atoms with E-state index in [-0.39, 0.29) is 5.78 Å². The number of nitrogens with zero attached hydrogens (tertiary/aromatic N) is 1. The standard InChI is InChI=1S/C17H19NO/c1-14-8-10-16(11-9-14)17(19)13-18(2)12-15-6-4-3-5-7-15/h3-11H,12-13H2,1-2H3. The summed E-state index contributed by atoms with van der Waals surface area (Å²) in [7, 11) is 1.97. The molecule has 0 aliphatic rings. The van der Waals surface area contributed by atoms with Crippen molar-refractivity contribution in [3.63, 3.8) is 0 Å². The fourth-order valence-electron chi connectivity index (χ4n) is 2.03. The van der Waals surface area contributed by atoms with Crippen LogP contribution in [-0.2, 0) is 6.54 Å². The average Bonchev–Trinajstić information content (AvgIpc) is 2.40. The lowest BCUT2D eigenvalue weighted by atomic mass is 10.1. The van der Waals surface area contributed by atoms with Gasteiger partial charge in [-0.2, -0.15) is 0 Å². The Morgan fingerprint density at radius 1 is 1.00 bits per heavy atom. The molecule has 0 N–H and O–H groups in total. The Balaban J connectivity index is 1.93. The Morgan fingerprint density at radius 3 is 2.26 bits per heavy atom. The summed E-state index contributed by atoms with van der Waals surface area (Å²) in [6, 6.07) is 17.9. The van der Waals surface area contributed by atoms with Gasteiger partial charge in [-0.1, -0.05) is 60.2 Å². The number of ketones is 1. The van der Waals surface area contributed by atoms with Gasteiger partial charge in [0, 0.05) is 12.1 Å². The first-order valence-corrected chi connectivity index (χ1v) is 6.47. The van der Waals surface area contributed by atoms with E-state index in [0.717, 1.165) is 12.1 Å². The lowest BCUT2D eigenvalue weighted by Gasteiger charge is -2.15. The lowest BCUT2D eigenvalue weighted by molar-refractivity contribution is 0.0943. The summed E-state index contributed by atoms with van der Waals surface area (Å²) in [4.78, 5) is 14.2. The van der Waals surface area contributed by atoms with Crippen LogP contribution < -0.4 is 0 Å². The first-order valence-electron chi connectivity index (χ1n) is 6.47. The van der Waals surface area contributed by atoms with Crippen LogP contribution in [0.3, 0.4) is 0 Å². The SMILES string of the molecule is Cc1ccc(C(=O)CN(C)Cc2ccccc2)cc1. The normalized spacial score (nSPS) is 10.7. The monoisotopic (exact) mass is 253 g/mol. The van der Waals surface area contributed by atoms with Crippen molar-refractivity contribution in [2.75, 3.05) is 13.6 Å². The van der Waals surface area contributed by atoms with E-state index in [9.17, 15) is 4.79 Å². The number of benzene rings is 2. The van der Waals surface area contributed by atoms with Crippen molar-refractivity contribution in [2.24, 2.45) is 0 Å². The number of aryl methyl sites for hydroxylation is 1. The van der Waals surface area contributed by atoms with Crippen molar-refractivity contribution in [2.45, 2.75) is 13.5 Å². The first kappa shape index (κ1) is 13.5. The van der Waals surface area contributed by atoms with Crippen molar-refractivity contribution < 1.29 is 4.79 Å². The Morgan fingerprint density at radius 2 is 1.63 bits per heavy atom. The zero-order valence-corrected chi connectivity index (χ0v) is 11.5. The molecule has 0 aliphatic heterocycles. The van der Waals surface area contributed by atoms with Gasteiger partial charge in [-0.3, -0.25) is 9.69 Å². The van der Waals surface area contributed by atoms with Crippen LogP contribution in [0, 0.1) is 6.92 Å². The Hall–Kier alpha value is -1.93. The van der Waals surface area contributed by atoms with E-state index in [2.05, 4.69) is 12.1 Å². The van der Waals surface area contributed by atoms with Crippen molar-refractivity contribution in [3.05, 3.63) is 71.3 Å². The molecule has 0 unspecified atom stereocenters. The molecule has 2 aromatic carbocycles. The van der Waals surface area contributed by atoms with Crippen LogP contribution in [0.15, 0.2) is 54.6 Å². The van der Waals surface area contributed by atoms with E-state index in [4.69, 9.17) is 0 Å². The summed E-state index contributed by atoms with van der Waals surface area (Å²) >= 11 is 0. The van der Waals surface area contributed by atoms with Crippen molar-refractivity contribution in [3.8, 4) is 0 Å². The summed E-state index contributed by atoms with van der Waals surface area (Å²) < 4.78 is 0. The summed E-state index contributed by atoms with van der Waals surface area (Å²) in [6.07, 6.45) is 0. The molecule has 2 heteroatoms. The summed E-state index contributed by atoms with van der Waals surface area (Å²) in [5.41, 5.74) is 3.18. The van der Waals surface area contributed by atoms with Gasteiger partial charge < -0.3 is 0 Å². The van der Waals surface area contributed by atoms with Crippen LogP contribution in [0.25, 0.3) is 0 Å².